The van der Waals surface area contributed by atoms with E-state index < -0.39 is 10.0 Å². The van der Waals surface area contributed by atoms with E-state index in [1.54, 1.807) is 12.1 Å². The van der Waals surface area contributed by atoms with Crippen LogP contribution >= 0.6 is 12.2 Å². The molecule has 3 nitrogen and oxygen atoms in total. The van der Waals surface area contributed by atoms with Gasteiger partial charge in [0.2, 0.25) is 0 Å². The van der Waals surface area contributed by atoms with Gasteiger partial charge in [-0.2, -0.15) is 0 Å². The second-order valence-corrected chi connectivity index (χ2v) is 7.92. The standard InChI is InChI=1S/C18H21NO2S2/c1-14-5-3-6-15(11-14)9-10-18(22)13-16-7-4-8-17(12-16)19-23(2,20)21/h3-8,11-12H,9-10,13H2,1-2H3,(H,19,20,21)/p-1. The Bertz CT molecular complexity index is 813. The van der Waals surface area contributed by atoms with E-state index in [-0.39, 0.29) is 0 Å². The maximum absolute atomic E-state index is 11.2. The highest BCUT2D eigenvalue weighted by Gasteiger charge is 2.03. The van der Waals surface area contributed by atoms with Gasteiger partial charge in [0.15, 0.2) is 0 Å². The van der Waals surface area contributed by atoms with Crippen molar-refractivity contribution in [3.63, 3.8) is 0 Å². The molecule has 2 rings (SSSR count). The Morgan fingerprint density at radius 3 is 2.57 bits per heavy atom. The third kappa shape index (κ3) is 6.60. The monoisotopic (exact) mass is 346 g/mol. The van der Waals surface area contributed by atoms with Crippen LogP contribution in [0.15, 0.2) is 52.9 Å². The predicted molar refractivity (Wildman–Crippen MR) is 99.2 cm³/mol. The van der Waals surface area contributed by atoms with Crippen LogP contribution in [0, 0.1) is 6.92 Å². The summed E-state index contributed by atoms with van der Waals surface area (Å²) in [4.78, 5) is 0.961. The largest absolute Gasteiger partial charge is 0.764 e. The summed E-state index contributed by atoms with van der Waals surface area (Å²) in [7, 11) is -3.38. The fourth-order valence-electron chi connectivity index (χ4n) is 2.38. The second kappa shape index (κ2) is 7.81. The Kier molecular flexibility index (Phi) is 6.04. The van der Waals surface area contributed by atoms with Crippen molar-refractivity contribution in [3.8, 4) is 0 Å². The number of hydrogen-bond acceptors (Lipinski definition) is 4. The highest BCUT2D eigenvalue weighted by atomic mass is 32.2. The summed E-state index contributed by atoms with van der Waals surface area (Å²) in [6.07, 6.45) is 3.51. The van der Waals surface area contributed by atoms with Crippen molar-refractivity contribution in [1.82, 2.24) is 0 Å². The van der Waals surface area contributed by atoms with Crippen molar-refractivity contribution < 1.29 is 8.76 Å². The molecule has 2 aromatic carbocycles. The summed E-state index contributed by atoms with van der Waals surface area (Å²) >= 11 is 5.47. The molecule has 0 heterocycles. The molecular formula is C18H20NO2S2-. The van der Waals surface area contributed by atoms with E-state index in [9.17, 15) is 8.76 Å². The molecule has 23 heavy (non-hydrogen) atoms. The fourth-order valence-corrected chi connectivity index (χ4v) is 3.15. The minimum atomic E-state index is -3.38. The zero-order valence-electron chi connectivity index (χ0n) is 13.3. The molecule has 0 fully saturated rings. The molecule has 0 saturated carbocycles. The maximum atomic E-state index is 11.2. The topological polar surface area (TPSA) is 52.5 Å². The van der Waals surface area contributed by atoms with Gasteiger partial charge in [0.25, 0.3) is 0 Å². The number of benzene rings is 2. The SMILES string of the molecule is Cc1cccc(CCC(=S)Cc2cccc(N=S(C)(=O)[O-])c2)c1. The van der Waals surface area contributed by atoms with Crippen LogP contribution in [-0.4, -0.2) is 19.9 Å². The summed E-state index contributed by atoms with van der Waals surface area (Å²) in [5.74, 6) is 0. The Hall–Kier alpha value is -1.56. The van der Waals surface area contributed by atoms with Gasteiger partial charge in [0.1, 0.15) is 0 Å². The Labute approximate surface area is 143 Å². The third-order valence-corrected chi connectivity index (χ3v) is 4.25. The Morgan fingerprint density at radius 1 is 1.17 bits per heavy atom. The number of nitrogens with zero attached hydrogens (tertiary/aromatic N) is 1. The zero-order chi connectivity index (χ0) is 16.9. The second-order valence-electron chi connectivity index (χ2n) is 5.70. The quantitative estimate of drug-likeness (QED) is 0.729. The number of aryl methyl sites for hydroxylation is 2. The van der Waals surface area contributed by atoms with Crippen LogP contribution in [0.3, 0.4) is 0 Å². The molecule has 1 unspecified atom stereocenters. The molecule has 0 aliphatic heterocycles. The highest BCUT2D eigenvalue weighted by Crippen LogP contribution is 2.17. The molecule has 0 aromatic heterocycles. The molecule has 0 bridgehead atoms. The first kappa shape index (κ1) is 17.8. The molecule has 0 aliphatic rings. The molecule has 0 aliphatic carbocycles. The van der Waals surface area contributed by atoms with E-state index in [2.05, 4.69) is 35.6 Å². The van der Waals surface area contributed by atoms with E-state index in [1.165, 1.54) is 11.1 Å². The van der Waals surface area contributed by atoms with Crippen LogP contribution in [0.25, 0.3) is 0 Å². The lowest BCUT2D eigenvalue weighted by atomic mass is 10.0. The lowest BCUT2D eigenvalue weighted by molar-refractivity contribution is 0.531. The first-order valence-electron chi connectivity index (χ1n) is 7.41. The molecule has 2 aromatic rings. The summed E-state index contributed by atoms with van der Waals surface area (Å²) in [5.41, 5.74) is 3.98. The van der Waals surface area contributed by atoms with Crippen molar-refractivity contribution in [3.05, 3.63) is 65.2 Å². The molecule has 5 heteroatoms. The van der Waals surface area contributed by atoms with Crippen LogP contribution in [0.4, 0.5) is 5.69 Å². The molecule has 0 radical (unpaired) electrons. The van der Waals surface area contributed by atoms with Crippen molar-refractivity contribution in [2.45, 2.75) is 26.2 Å². The third-order valence-electron chi connectivity index (χ3n) is 3.36. The summed E-state index contributed by atoms with van der Waals surface area (Å²) in [6.45, 7) is 2.08. The van der Waals surface area contributed by atoms with Crippen LogP contribution in [0.1, 0.15) is 23.1 Å². The smallest absolute Gasteiger partial charge is 0.0721 e. The molecular weight excluding hydrogens is 326 g/mol. The molecule has 0 spiro atoms. The van der Waals surface area contributed by atoms with Gasteiger partial charge < -0.3 is 4.55 Å². The van der Waals surface area contributed by atoms with Gasteiger partial charge >= 0.3 is 0 Å². The fraction of sp³-hybridized carbons (Fsp3) is 0.278. The van der Waals surface area contributed by atoms with E-state index in [0.717, 1.165) is 29.5 Å². The van der Waals surface area contributed by atoms with Crippen LogP contribution in [0.2, 0.25) is 0 Å². The Balaban J connectivity index is 1.98. The minimum Gasteiger partial charge on any atom is -0.764 e. The lowest BCUT2D eigenvalue weighted by Crippen LogP contribution is -2.02. The first-order valence-corrected chi connectivity index (χ1v) is 9.67. The van der Waals surface area contributed by atoms with Crippen molar-refractivity contribution in [2.24, 2.45) is 4.36 Å². The van der Waals surface area contributed by atoms with Gasteiger partial charge in [-0.3, -0.25) is 4.21 Å². The van der Waals surface area contributed by atoms with Crippen LogP contribution < -0.4 is 0 Å². The van der Waals surface area contributed by atoms with Crippen LogP contribution in [-0.2, 0) is 22.9 Å². The normalized spacial score (nSPS) is 13.3. The van der Waals surface area contributed by atoms with E-state index in [1.807, 2.05) is 12.1 Å². The molecule has 122 valence electrons. The maximum Gasteiger partial charge on any atom is 0.0721 e. The van der Waals surface area contributed by atoms with Crippen molar-refractivity contribution >= 4 is 32.8 Å². The van der Waals surface area contributed by atoms with Crippen LogP contribution in [0.5, 0.6) is 0 Å². The number of rotatable bonds is 6. The molecule has 0 N–H and O–H groups in total. The molecule has 0 saturated heterocycles. The Morgan fingerprint density at radius 2 is 1.87 bits per heavy atom. The number of hydrogen-bond donors (Lipinski definition) is 0. The van der Waals surface area contributed by atoms with Gasteiger partial charge in [-0.25, -0.2) is 4.36 Å². The minimum absolute atomic E-state index is 0.450. The molecule has 0 amide bonds. The predicted octanol–water partition coefficient (Wildman–Crippen LogP) is 4.40. The van der Waals surface area contributed by atoms with Gasteiger partial charge in [-0.1, -0.05) is 54.2 Å². The first-order chi connectivity index (χ1) is 10.8. The lowest BCUT2D eigenvalue weighted by Gasteiger charge is -2.08. The highest BCUT2D eigenvalue weighted by molar-refractivity contribution is 7.87. The summed E-state index contributed by atoms with van der Waals surface area (Å²) < 4.78 is 26.1. The van der Waals surface area contributed by atoms with Gasteiger partial charge in [-0.05, 0) is 57.9 Å². The zero-order valence-corrected chi connectivity index (χ0v) is 15.0. The van der Waals surface area contributed by atoms with Gasteiger partial charge in [0, 0.05) is 12.7 Å². The van der Waals surface area contributed by atoms with Crippen molar-refractivity contribution in [2.75, 3.05) is 6.26 Å². The van der Waals surface area contributed by atoms with E-state index in [4.69, 9.17) is 12.2 Å². The summed E-state index contributed by atoms with van der Waals surface area (Å²) in [5, 5.41) is 0. The van der Waals surface area contributed by atoms with Crippen molar-refractivity contribution in [1.29, 1.82) is 0 Å². The number of thiocarbonyl (C=S) groups is 1. The van der Waals surface area contributed by atoms with E-state index in [0.29, 0.717) is 12.1 Å². The summed E-state index contributed by atoms with van der Waals surface area (Å²) in [6, 6.07) is 15.6. The van der Waals surface area contributed by atoms with E-state index >= 15 is 0 Å². The van der Waals surface area contributed by atoms with Gasteiger partial charge in [0.05, 0.1) is 5.69 Å². The molecule has 1 atom stereocenters. The van der Waals surface area contributed by atoms with Gasteiger partial charge in [-0.15, -0.1) is 0 Å². The average Bonchev–Trinajstić information content (AvgIpc) is 2.44. The average molecular weight is 346 g/mol.